The Balaban J connectivity index is 2.15. The van der Waals surface area contributed by atoms with E-state index in [4.69, 9.17) is 0 Å². The zero-order valence-electron chi connectivity index (χ0n) is 11.8. The summed E-state index contributed by atoms with van der Waals surface area (Å²) in [5.74, 6) is 0. The zero-order chi connectivity index (χ0) is 13.7. The molecule has 1 aromatic carbocycles. The molecule has 1 aromatic heterocycles. The molecule has 0 fully saturated rings. The normalized spacial score (nSPS) is 12.6. The molecule has 0 spiro atoms. The van der Waals surface area contributed by atoms with Crippen molar-refractivity contribution in [1.82, 2.24) is 14.9 Å². The number of aromatic nitrogens is 2. The molecule has 3 nitrogen and oxygen atoms in total. The molecule has 4 heteroatoms. The number of rotatable bonds is 6. The molecule has 0 saturated heterocycles. The summed E-state index contributed by atoms with van der Waals surface area (Å²) in [6, 6.07) is 7.07. The van der Waals surface area contributed by atoms with Crippen LogP contribution in [0.4, 0.5) is 0 Å². The first-order valence-electron chi connectivity index (χ1n) is 6.77. The number of benzene rings is 1. The molecule has 1 N–H and O–H groups in total. The topological polar surface area (TPSA) is 37.8 Å². The predicted molar refractivity (Wildman–Crippen MR) is 80.6 cm³/mol. The summed E-state index contributed by atoms with van der Waals surface area (Å²) < 4.78 is 3.98. The highest BCUT2D eigenvalue weighted by atomic mass is 32.1. The van der Waals surface area contributed by atoms with Crippen molar-refractivity contribution in [1.29, 1.82) is 0 Å². The van der Waals surface area contributed by atoms with Crippen LogP contribution >= 0.6 is 11.5 Å². The number of nitrogens with zero attached hydrogens (tertiary/aromatic N) is 2. The molecule has 0 amide bonds. The second kappa shape index (κ2) is 6.78. The van der Waals surface area contributed by atoms with Gasteiger partial charge < -0.3 is 5.32 Å². The number of aryl methyl sites for hydroxylation is 2. The maximum atomic E-state index is 3.98. The van der Waals surface area contributed by atoms with Gasteiger partial charge in [-0.15, -0.1) is 5.10 Å². The van der Waals surface area contributed by atoms with E-state index in [1.165, 1.54) is 33.1 Å². The molecular formula is C15H21N3S. The molecule has 2 aromatic rings. The molecule has 102 valence electrons. The van der Waals surface area contributed by atoms with Crippen molar-refractivity contribution in [3.63, 3.8) is 0 Å². The van der Waals surface area contributed by atoms with Crippen molar-refractivity contribution in [3.8, 4) is 0 Å². The third kappa shape index (κ3) is 4.11. The molecule has 0 aliphatic heterocycles. The molecular weight excluding hydrogens is 254 g/mol. The molecule has 1 heterocycles. The fraction of sp³-hybridized carbons (Fsp3) is 0.467. The lowest BCUT2D eigenvalue weighted by molar-refractivity contribution is 0.535. The standard InChI is InChI=1S/C15H21N3S/c1-4-5-16-14(15-10-17-18-19-15)9-13-7-11(2)6-12(3)8-13/h6-8,10,14,16H,4-5,9H2,1-3H3. The third-order valence-electron chi connectivity index (χ3n) is 3.08. The van der Waals surface area contributed by atoms with Crippen LogP contribution in [0.1, 0.15) is 41.0 Å². The Morgan fingerprint density at radius 1 is 1.21 bits per heavy atom. The Hall–Kier alpha value is -1.26. The molecule has 0 aliphatic carbocycles. The predicted octanol–water partition coefficient (Wildman–Crippen LogP) is 3.44. The Labute approximate surface area is 119 Å². The molecule has 1 unspecified atom stereocenters. The molecule has 0 bridgehead atoms. The van der Waals surface area contributed by atoms with Gasteiger partial charge in [-0.3, -0.25) is 0 Å². The van der Waals surface area contributed by atoms with Gasteiger partial charge in [-0.2, -0.15) is 0 Å². The van der Waals surface area contributed by atoms with Crippen LogP contribution in [-0.4, -0.2) is 16.1 Å². The van der Waals surface area contributed by atoms with Gasteiger partial charge in [0.05, 0.1) is 11.1 Å². The highest BCUT2D eigenvalue weighted by Gasteiger charge is 2.14. The minimum Gasteiger partial charge on any atom is -0.309 e. The third-order valence-corrected chi connectivity index (χ3v) is 3.86. The van der Waals surface area contributed by atoms with Crippen LogP contribution in [0.25, 0.3) is 0 Å². The lowest BCUT2D eigenvalue weighted by atomic mass is 10.0. The van der Waals surface area contributed by atoms with E-state index in [9.17, 15) is 0 Å². The molecule has 2 rings (SSSR count). The second-order valence-corrected chi connectivity index (χ2v) is 5.84. The highest BCUT2D eigenvalue weighted by Crippen LogP contribution is 2.21. The van der Waals surface area contributed by atoms with Gasteiger partial charge in [-0.25, -0.2) is 0 Å². The smallest absolute Gasteiger partial charge is 0.0669 e. The largest absolute Gasteiger partial charge is 0.309 e. The maximum Gasteiger partial charge on any atom is 0.0669 e. The molecule has 0 radical (unpaired) electrons. The van der Waals surface area contributed by atoms with E-state index in [2.05, 4.69) is 53.9 Å². The fourth-order valence-electron chi connectivity index (χ4n) is 2.34. The summed E-state index contributed by atoms with van der Waals surface area (Å²) in [6.07, 6.45) is 4.00. The summed E-state index contributed by atoms with van der Waals surface area (Å²) >= 11 is 1.49. The van der Waals surface area contributed by atoms with Gasteiger partial charge in [0.1, 0.15) is 0 Å². The van der Waals surface area contributed by atoms with Gasteiger partial charge in [-0.1, -0.05) is 40.7 Å². The first-order chi connectivity index (χ1) is 9.19. The van der Waals surface area contributed by atoms with Crippen LogP contribution in [0.2, 0.25) is 0 Å². The Morgan fingerprint density at radius 2 is 1.95 bits per heavy atom. The highest BCUT2D eigenvalue weighted by molar-refractivity contribution is 7.05. The lowest BCUT2D eigenvalue weighted by Crippen LogP contribution is -2.23. The van der Waals surface area contributed by atoms with Crippen molar-refractivity contribution in [3.05, 3.63) is 46.0 Å². The average Bonchev–Trinajstić information content (AvgIpc) is 2.87. The van der Waals surface area contributed by atoms with Crippen LogP contribution in [0, 0.1) is 13.8 Å². The number of nitrogens with one attached hydrogen (secondary N) is 1. The Morgan fingerprint density at radius 3 is 2.53 bits per heavy atom. The van der Waals surface area contributed by atoms with E-state index in [1.807, 2.05) is 6.20 Å². The van der Waals surface area contributed by atoms with Crippen molar-refractivity contribution in [2.24, 2.45) is 0 Å². The summed E-state index contributed by atoms with van der Waals surface area (Å²) in [5, 5.41) is 7.55. The van der Waals surface area contributed by atoms with E-state index >= 15 is 0 Å². The van der Waals surface area contributed by atoms with Crippen molar-refractivity contribution >= 4 is 11.5 Å². The van der Waals surface area contributed by atoms with Crippen LogP contribution in [0.3, 0.4) is 0 Å². The number of hydrogen-bond donors (Lipinski definition) is 1. The minimum atomic E-state index is 0.321. The summed E-state index contributed by atoms with van der Waals surface area (Å²) in [7, 11) is 0. The SMILES string of the molecule is CCCNC(Cc1cc(C)cc(C)c1)c1cnns1. The van der Waals surface area contributed by atoms with E-state index in [0.717, 1.165) is 19.4 Å². The van der Waals surface area contributed by atoms with Crippen molar-refractivity contribution in [2.75, 3.05) is 6.54 Å². The molecule has 1 atom stereocenters. The monoisotopic (exact) mass is 275 g/mol. The minimum absolute atomic E-state index is 0.321. The first kappa shape index (κ1) is 14.2. The average molecular weight is 275 g/mol. The van der Waals surface area contributed by atoms with Crippen LogP contribution < -0.4 is 5.32 Å². The van der Waals surface area contributed by atoms with Gasteiger partial charge in [0.15, 0.2) is 0 Å². The van der Waals surface area contributed by atoms with Crippen molar-refractivity contribution < 1.29 is 0 Å². The quantitative estimate of drug-likeness (QED) is 0.877. The Bertz CT molecular complexity index is 488. The van der Waals surface area contributed by atoms with E-state index in [0.29, 0.717) is 6.04 Å². The maximum absolute atomic E-state index is 3.98. The zero-order valence-corrected chi connectivity index (χ0v) is 12.6. The first-order valence-corrected chi connectivity index (χ1v) is 7.54. The Kier molecular flexibility index (Phi) is 5.05. The fourth-order valence-corrected chi connectivity index (χ4v) is 2.92. The van der Waals surface area contributed by atoms with Crippen molar-refractivity contribution in [2.45, 2.75) is 39.7 Å². The van der Waals surface area contributed by atoms with Crippen LogP contribution in [0.5, 0.6) is 0 Å². The van der Waals surface area contributed by atoms with E-state index < -0.39 is 0 Å². The van der Waals surface area contributed by atoms with Crippen LogP contribution in [-0.2, 0) is 6.42 Å². The van der Waals surface area contributed by atoms with Gasteiger partial charge in [0.2, 0.25) is 0 Å². The van der Waals surface area contributed by atoms with E-state index in [1.54, 1.807) is 0 Å². The number of hydrogen-bond acceptors (Lipinski definition) is 4. The van der Waals surface area contributed by atoms with Gasteiger partial charge in [-0.05, 0) is 50.3 Å². The van der Waals surface area contributed by atoms with Gasteiger partial charge >= 0.3 is 0 Å². The van der Waals surface area contributed by atoms with Gasteiger partial charge in [0, 0.05) is 6.04 Å². The molecule has 0 saturated carbocycles. The van der Waals surface area contributed by atoms with Gasteiger partial charge in [0.25, 0.3) is 0 Å². The summed E-state index contributed by atoms with van der Waals surface area (Å²) in [4.78, 5) is 1.22. The molecule has 19 heavy (non-hydrogen) atoms. The lowest BCUT2D eigenvalue weighted by Gasteiger charge is -2.17. The van der Waals surface area contributed by atoms with E-state index in [-0.39, 0.29) is 0 Å². The molecule has 0 aliphatic rings. The summed E-state index contributed by atoms with van der Waals surface area (Å²) in [6.45, 7) is 7.51. The van der Waals surface area contributed by atoms with Crippen LogP contribution in [0.15, 0.2) is 24.4 Å². The summed E-state index contributed by atoms with van der Waals surface area (Å²) in [5.41, 5.74) is 4.03. The second-order valence-electron chi connectivity index (χ2n) is 5.03.